The lowest BCUT2D eigenvalue weighted by atomic mass is 10.0. The van der Waals surface area contributed by atoms with E-state index >= 15 is 0 Å². The van der Waals surface area contributed by atoms with E-state index in [9.17, 15) is 0 Å². The number of fused-ring (bicyclic) bond motifs is 1. The summed E-state index contributed by atoms with van der Waals surface area (Å²) in [6.07, 6.45) is 0. The first-order chi connectivity index (χ1) is 11.5. The van der Waals surface area contributed by atoms with E-state index in [1.807, 2.05) is 19.1 Å². The van der Waals surface area contributed by atoms with Gasteiger partial charge in [-0.05, 0) is 37.5 Å². The molecule has 6 nitrogen and oxygen atoms in total. The Kier molecular flexibility index (Phi) is 4.49. The van der Waals surface area contributed by atoms with Crippen molar-refractivity contribution in [3.63, 3.8) is 0 Å². The van der Waals surface area contributed by atoms with Crippen LogP contribution in [-0.4, -0.2) is 19.9 Å². The van der Waals surface area contributed by atoms with Gasteiger partial charge >= 0.3 is 0 Å². The monoisotopic (exact) mass is 324 g/mol. The summed E-state index contributed by atoms with van der Waals surface area (Å²) in [5, 5.41) is 3.49. The zero-order chi connectivity index (χ0) is 17.3. The summed E-state index contributed by atoms with van der Waals surface area (Å²) in [6, 6.07) is 8.16. The number of hydrogen-bond donors (Lipinski definition) is 3. The summed E-state index contributed by atoms with van der Waals surface area (Å²) >= 11 is 0. The van der Waals surface area contributed by atoms with Crippen LogP contribution in [0.15, 0.2) is 24.3 Å². The van der Waals surface area contributed by atoms with Gasteiger partial charge in [0, 0.05) is 12.6 Å². The van der Waals surface area contributed by atoms with Crippen molar-refractivity contribution < 1.29 is 0 Å². The zero-order valence-electron chi connectivity index (χ0n) is 14.6. The molecule has 1 atom stereocenters. The molecular weight excluding hydrogens is 300 g/mol. The smallest absolute Gasteiger partial charge is 0.130 e. The lowest BCUT2D eigenvalue weighted by molar-refractivity contribution is 0.525. The summed E-state index contributed by atoms with van der Waals surface area (Å²) in [4.78, 5) is 17.0. The molecule has 0 saturated carbocycles. The van der Waals surface area contributed by atoms with E-state index < -0.39 is 0 Å². The van der Waals surface area contributed by atoms with Crippen molar-refractivity contribution in [3.8, 4) is 0 Å². The highest BCUT2D eigenvalue weighted by atomic mass is 15.1. The molecule has 6 heteroatoms. The van der Waals surface area contributed by atoms with E-state index in [1.165, 1.54) is 5.56 Å². The van der Waals surface area contributed by atoms with E-state index in [2.05, 4.69) is 53.2 Å². The van der Waals surface area contributed by atoms with Crippen LogP contribution in [0.1, 0.15) is 42.8 Å². The number of rotatable bonds is 5. The van der Waals surface area contributed by atoms with Crippen LogP contribution < -0.4 is 11.1 Å². The van der Waals surface area contributed by atoms with Crippen molar-refractivity contribution in [3.05, 3.63) is 47.2 Å². The van der Waals surface area contributed by atoms with Crippen LogP contribution in [0.2, 0.25) is 0 Å². The lowest BCUT2D eigenvalue weighted by Gasteiger charge is -2.21. The van der Waals surface area contributed by atoms with Crippen molar-refractivity contribution in [2.75, 3.05) is 5.32 Å². The number of aryl methyl sites for hydroxylation is 2. The predicted molar refractivity (Wildman–Crippen MR) is 96.7 cm³/mol. The van der Waals surface area contributed by atoms with Crippen molar-refractivity contribution in [1.29, 1.82) is 0 Å². The Morgan fingerprint density at radius 3 is 2.62 bits per heavy atom. The van der Waals surface area contributed by atoms with Crippen LogP contribution in [0.25, 0.3) is 11.0 Å². The average Bonchev–Trinajstić information content (AvgIpc) is 2.94. The molecule has 0 aliphatic heterocycles. The quantitative estimate of drug-likeness (QED) is 0.670. The number of hydrogen-bond acceptors (Lipinski definition) is 5. The minimum atomic E-state index is 0.0256. The van der Waals surface area contributed by atoms with Crippen molar-refractivity contribution >= 4 is 16.9 Å². The number of H-pyrrole nitrogens is 1. The SMILES string of the molecule is Cc1ccc2nc(C(Nc3cc(CN)nc(C)n3)C(C)C)[nH]c2c1. The van der Waals surface area contributed by atoms with E-state index in [0.717, 1.165) is 28.4 Å². The number of aromatic amines is 1. The fraction of sp³-hybridized carbons (Fsp3) is 0.389. The maximum atomic E-state index is 5.72. The third kappa shape index (κ3) is 3.38. The van der Waals surface area contributed by atoms with Crippen LogP contribution in [0, 0.1) is 19.8 Å². The van der Waals surface area contributed by atoms with Crippen molar-refractivity contribution in [1.82, 2.24) is 19.9 Å². The van der Waals surface area contributed by atoms with Gasteiger partial charge in [0.15, 0.2) is 0 Å². The number of nitrogens with zero attached hydrogens (tertiary/aromatic N) is 3. The number of benzene rings is 1. The van der Waals surface area contributed by atoms with Gasteiger partial charge in [0.1, 0.15) is 17.5 Å². The van der Waals surface area contributed by atoms with Gasteiger partial charge in [-0.1, -0.05) is 19.9 Å². The second-order valence-electron chi connectivity index (χ2n) is 6.50. The minimum absolute atomic E-state index is 0.0256. The molecule has 1 aromatic carbocycles. The van der Waals surface area contributed by atoms with Gasteiger partial charge in [-0.2, -0.15) is 0 Å². The summed E-state index contributed by atoms with van der Waals surface area (Å²) in [5.74, 6) is 2.74. The highest BCUT2D eigenvalue weighted by Gasteiger charge is 2.20. The molecule has 0 radical (unpaired) electrons. The Bertz CT molecular complexity index is 852. The fourth-order valence-corrected chi connectivity index (χ4v) is 2.81. The molecule has 0 bridgehead atoms. The zero-order valence-corrected chi connectivity index (χ0v) is 14.6. The standard InChI is InChI=1S/C18H24N6/c1-10(2)17(24-16-8-13(9-19)20-12(4)21-16)18-22-14-6-5-11(3)7-15(14)23-18/h5-8,10,17H,9,19H2,1-4H3,(H,22,23)(H,20,21,24). The van der Waals surface area contributed by atoms with Crippen LogP contribution in [0.3, 0.4) is 0 Å². The van der Waals surface area contributed by atoms with Crippen molar-refractivity contribution in [2.45, 2.75) is 40.3 Å². The predicted octanol–water partition coefficient (Wildman–Crippen LogP) is 3.24. The molecule has 3 aromatic rings. The molecule has 0 amide bonds. The van der Waals surface area contributed by atoms with E-state index in [-0.39, 0.29) is 6.04 Å². The minimum Gasteiger partial charge on any atom is -0.360 e. The molecular formula is C18H24N6. The van der Waals surface area contributed by atoms with Gasteiger partial charge < -0.3 is 16.0 Å². The largest absolute Gasteiger partial charge is 0.360 e. The molecule has 0 fully saturated rings. The van der Waals surface area contributed by atoms with Crippen LogP contribution in [-0.2, 0) is 6.54 Å². The fourth-order valence-electron chi connectivity index (χ4n) is 2.81. The topological polar surface area (TPSA) is 92.5 Å². The number of anilines is 1. The first kappa shape index (κ1) is 16.4. The Labute approximate surface area is 141 Å². The second kappa shape index (κ2) is 6.57. The highest BCUT2D eigenvalue weighted by Crippen LogP contribution is 2.26. The average molecular weight is 324 g/mol. The lowest BCUT2D eigenvalue weighted by Crippen LogP contribution is -2.19. The van der Waals surface area contributed by atoms with Crippen molar-refractivity contribution in [2.24, 2.45) is 11.7 Å². The Hall–Kier alpha value is -2.47. The molecule has 0 aliphatic rings. The molecule has 126 valence electrons. The molecule has 3 rings (SSSR count). The molecule has 1 unspecified atom stereocenters. The van der Waals surface area contributed by atoms with Gasteiger partial charge in [-0.15, -0.1) is 0 Å². The van der Waals surface area contributed by atoms with E-state index in [1.54, 1.807) is 0 Å². The maximum absolute atomic E-state index is 5.72. The van der Waals surface area contributed by atoms with Gasteiger partial charge in [-0.3, -0.25) is 0 Å². The highest BCUT2D eigenvalue weighted by molar-refractivity contribution is 5.76. The number of nitrogens with one attached hydrogen (secondary N) is 2. The molecule has 0 aliphatic carbocycles. The summed E-state index contributed by atoms with van der Waals surface area (Å²) in [7, 11) is 0. The molecule has 2 aromatic heterocycles. The van der Waals surface area contributed by atoms with E-state index in [4.69, 9.17) is 10.7 Å². The third-order valence-corrected chi connectivity index (χ3v) is 4.02. The van der Waals surface area contributed by atoms with Gasteiger partial charge in [0.2, 0.25) is 0 Å². The first-order valence-electron chi connectivity index (χ1n) is 8.23. The van der Waals surface area contributed by atoms with Gasteiger partial charge in [-0.25, -0.2) is 15.0 Å². The summed E-state index contributed by atoms with van der Waals surface area (Å²) in [6.45, 7) is 8.67. The summed E-state index contributed by atoms with van der Waals surface area (Å²) in [5.41, 5.74) is 9.79. The number of aromatic nitrogens is 4. The molecule has 4 N–H and O–H groups in total. The maximum Gasteiger partial charge on any atom is 0.130 e. The Morgan fingerprint density at radius 1 is 1.12 bits per heavy atom. The number of nitrogens with two attached hydrogens (primary N) is 1. The first-order valence-corrected chi connectivity index (χ1v) is 8.23. The normalized spacial score (nSPS) is 12.8. The van der Waals surface area contributed by atoms with E-state index in [0.29, 0.717) is 18.3 Å². The van der Waals surface area contributed by atoms with Crippen LogP contribution >= 0.6 is 0 Å². The summed E-state index contributed by atoms with van der Waals surface area (Å²) < 4.78 is 0. The third-order valence-electron chi connectivity index (χ3n) is 4.02. The molecule has 2 heterocycles. The van der Waals surface area contributed by atoms with Gasteiger partial charge in [0.25, 0.3) is 0 Å². The molecule has 24 heavy (non-hydrogen) atoms. The number of imidazole rings is 1. The Balaban J connectivity index is 1.95. The Morgan fingerprint density at radius 2 is 1.92 bits per heavy atom. The molecule has 0 spiro atoms. The van der Waals surface area contributed by atoms with Crippen LogP contribution in [0.5, 0.6) is 0 Å². The second-order valence-corrected chi connectivity index (χ2v) is 6.50. The molecule has 0 saturated heterocycles. The van der Waals surface area contributed by atoms with Crippen LogP contribution in [0.4, 0.5) is 5.82 Å². The van der Waals surface area contributed by atoms with Gasteiger partial charge in [0.05, 0.1) is 22.8 Å².